The highest BCUT2D eigenvalue weighted by Crippen LogP contribution is 2.65. The molecule has 2 aromatic rings. The molecule has 0 bridgehead atoms. The number of aryl methyl sites for hydroxylation is 1. The van der Waals surface area contributed by atoms with Crippen molar-refractivity contribution in [1.29, 1.82) is 0 Å². The van der Waals surface area contributed by atoms with Crippen molar-refractivity contribution < 1.29 is 13.6 Å². The van der Waals surface area contributed by atoms with E-state index in [2.05, 4.69) is 23.8 Å². The lowest BCUT2D eigenvalue weighted by Crippen LogP contribution is -2.42. The molecular weight excluding hydrogens is 406 g/mol. The summed E-state index contributed by atoms with van der Waals surface area (Å²) >= 11 is 0. The summed E-state index contributed by atoms with van der Waals surface area (Å²) in [6.07, 6.45) is 7.55. The molecule has 1 aromatic carbocycles. The van der Waals surface area contributed by atoms with Crippen molar-refractivity contribution in [2.45, 2.75) is 57.8 Å². The fraction of sp³-hybridized carbons (Fsp3) is 0.481. The molecule has 5 heteroatoms. The second-order valence-corrected chi connectivity index (χ2v) is 10.2. The maximum Gasteiger partial charge on any atom is 0.225 e. The number of pyridine rings is 1. The molecule has 1 amide bonds. The van der Waals surface area contributed by atoms with Crippen molar-refractivity contribution in [2.75, 3.05) is 5.32 Å². The van der Waals surface area contributed by atoms with Gasteiger partial charge in [-0.3, -0.25) is 4.79 Å². The van der Waals surface area contributed by atoms with Gasteiger partial charge in [0.1, 0.15) is 17.5 Å². The highest BCUT2D eigenvalue weighted by molar-refractivity contribution is 5.89. The first-order valence-electron chi connectivity index (χ1n) is 11.7. The summed E-state index contributed by atoms with van der Waals surface area (Å²) < 4.78 is 26.8. The summed E-state index contributed by atoms with van der Waals surface area (Å²) in [6, 6.07) is 8.11. The number of nitrogens with one attached hydrogen (secondary N) is 1. The van der Waals surface area contributed by atoms with E-state index in [-0.39, 0.29) is 17.1 Å². The molecule has 2 saturated carbocycles. The van der Waals surface area contributed by atoms with Crippen LogP contribution in [0.3, 0.4) is 0 Å². The molecule has 2 fully saturated rings. The van der Waals surface area contributed by atoms with Crippen LogP contribution in [-0.4, -0.2) is 10.9 Å². The molecule has 5 atom stereocenters. The normalized spacial score (nSPS) is 30.9. The monoisotopic (exact) mass is 436 g/mol. The van der Waals surface area contributed by atoms with Crippen LogP contribution in [0.1, 0.15) is 62.5 Å². The van der Waals surface area contributed by atoms with Crippen molar-refractivity contribution in [3.05, 3.63) is 71.4 Å². The number of aromatic nitrogens is 1. The number of anilines is 1. The molecule has 1 heterocycles. The minimum atomic E-state index is -0.421. The van der Waals surface area contributed by atoms with E-state index in [0.29, 0.717) is 35.9 Å². The van der Waals surface area contributed by atoms with Crippen molar-refractivity contribution in [2.24, 2.45) is 23.2 Å². The maximum atomic E-state index is 13.8. The minimum Gasteiger partial charge on any atom is -0.311 e. The number of allylic oxidation sites excluding steroid dienone is 1. The van der Waals surface area contributed by atoms with Crippen molar-refractivity contribution in [3.8, 4) is 0 Å². The van der Waals surface area contributed by atoms with E-state index in [1.54, 1.807) is 12.1 Å². The summed E-state index contributed by atoms with van der Waals surface area (Å²) in [4.78, 5) is 16.5. The molecule has 0 radical (unpaired) electrons. The molecule has 0 saturated heterocycles. The molecule has 1 N–H and O–H groups in total. The molecule has 3 unspecified atom stereocenters. The number of hydrogen-bond acceptors (Lipinski definition) is 2. The van der Waals surface area contributed by atoms with E-state index in [0.717, 1.165) is 44.7 Å². The van der Waals surface area contributed by atoms with Crippen LogP contribution in [0, 0.1) is 34.8 Å². The van der Waals surface area contributed by atoms with Crippen molar-refractivity contribution in [1.82, 2.24) is 4.98 Å². The molecule has 5 rings (SSSR count). The fourth-order valence-corrected chi connectivity index (χ4v) is 7.01. The number of hydrogen-bond donors (Lipinski definition) is 1. The van der Waals surface area contributed by atoms with Gasteiger partial charge in [-0.1, -0.05) is 25.1 Å². The molecule has 3 aliphatic rings. The van der Waals surface area contributed by atoms with E-state index in [4.69, 9.17) is 0 Å². The average Bonchev–Trinajstić information content (AvgIpc) is 3.03. The van der Waals surface area contributed by atoms with Gasteiger partial charge < -0.3 is 5.32 Å². The minimum absolute atomic E-state index is 0.0832. The summed E-state index contributed by atoms with van der Waals surface area (Å²) in [5.74, 6) is 1.69. The lowest BCUT2D eigenvalue weighted by atomic mass is 9.53. The Labute approximate surface area is 188 Å². The molecule has 168 valence electrons. The highest BCUT2D eigenvalue weighted by atomic mass is 19.1. The standard InChI is InChI=1S/C27H30F2N2O/c1-16-13-18(4-10-25(32)31-24-9-6-20(29)15-30-24)26-23-7-3-17-14-19(28)5-8-21(17)22(23)11-12-27(16,26)2/h5-6,8-9,14-15,18,22-23,26H,1,3-4,7,10-13H2,2H3,(H,30,31,32)/t18-,22?,23?,26?,27-/m1/s1. The topological polar surface area (TPSA) is 42.0 Å². The molecule has 3 nitrogen and oxygen atoms in total. The van der Waals surface area contributed by atoms with Gasteiger partial charge in [0.05, 0.1) is 6.20 Å². The van der Waals surface area contributed by atoms with Gasteiger partial charge >= 0.3 is 0 Å². The van der Waals surface area contributed by atoms with Crippen LogP contribution in [0.2, 0.25) is 0 Å². The van der Waals surface area contributed by atoms with E-state index < -0.39 is 5.82 Å². The summed E-state index contributed by atoms with van der Waals surface area (Å²) in [5.41, 5.74) is 3.96. The number of benzene rings is 1. The molecule has 3 aliphatic carbocycles. The SMILES string of the molecule is C=C1C[C@@H](CCC(=O)Nc2ccc(F)cn2)C2C3CCc4cc(F)ccc4C3CC[C@]12C. The summed E-state index contributed by atoms with van der Waals surface area (Å²) in [6.45, 7) is 6.84. The first-order chi connectivity index (χ1) is 15.3. The first kappa shape index (κ1) is 21.3. The Kier molecular flexibility index (Phi) is 5.39. The molecular formula is C27H30F2N2O. The molecule has 1 aromatic heterocycles. The van der Waals surface area contributed by atoms with Gasteiger partial charge in [-0.2, -0.15) is 0 Å². The van der Waals surface area contributed by atoms with Gasteiger partial charge in [0, 0.05) is 6.42 Å². The zero-order chi connectivity index (χ0) is 22.5. The molecule has 0 aliphatic heterocycles. The Bertz CT molecular complexity index is 1050. The Morgan fingerprint density at radius 1 is 1.22 bits per heavy atom. The third-order valence-electron chi connectivity index (χ3n) is 8.50. The second kappa shape index (κ2) is 8.09. The van der Waals surface area contributed by atoms with Crippen LogP contribution in [0.5, 0.6) is 0 Å². The van der Waals surface area contributed by atoms with E-state index in [1.807, 2.05) is 6.07 Å². The zero-order valence-corrected chi connectivity index (χ0v) is 18.5. The van der Waals surface area contributed by atoms with Crippen LogP contribution in [0.4, 0.5) is 14.6 Å². The number of rotatable bonds is 4. The number of fused-ring (bicyclic) bond motifs is 5. The summed E-state index contributed by atoms with van der Waals surface area (Å²) in [7, 11) is 0. The van der Waals surface area contributed by atoms with Gasteiger partial charge in [-0.25, -0.2) is 13.8 Å². The Morgan fingerprint density at radius 3 is 2.81 bits per heavy atom. The van der Waals surface area contributed by atoms with Gasteiger partial charge in [0.25, 0.3) is 0 Å². The van der Waals surface area contributed by atoms with E-state index >= 15 is 0 Å². The number of halogens is 2. The van der Waals surface area contributed by atoms with Crippen LogP contribution >= 0.6 is 0 Å². The Balaban J connectivity index is 1.32. The van der Waals surface area contributed by atoms with Crippen molar-refractivity contribution >= 4 is 11.7 Å². The summed E-state index contributed by atoms with van der Waals surface area (Å²) in [5, 5.41) is 2.79. The highest BCUT2D eigenvalue weighted by Gasteiger charge is 2.55. The van der Waals surface area contributed by atoms with Crippen LogP contribution in [0.15, 0.2) is 48.7 Å². The number of amides is 1. The largest absolute Gasteiger partial charge is 0.311 e. The third kappa shape index (κ3) is 3.66. The lowest BCUT2D eigenvalue weighted by Gasteiger charge is -2.51. The van der Waals surface area contributed by atoms with Gasteiger partial charge in [-0.05, 0) is 103 Å². The van der Waals surface area contributed by atoms with Crippen molar-refractivity contribution in [3.63, 3.8) is 0 Å². The molecule has 32 heavy (non-hydrogen) atoms. The van der Waals surface area contributed by atoms with Crippen LogP contribution in [-0.2, 0) is 11.2 Å². The number of carbonyl (C=O) groups is 1. The second-order valence-electron chi connectivity index (χ2n) is 10.2. The number of carbonyl (C=O) groups excluding carboxylic acids is 1. The van der Waals surface area contributed by atoms with Crippen LogP contribution in [0.25, 0.3) is 0 Å². The molecule has 0 spiro atoms. The van der Waals surface area contributed by atoms with Gasteiger partial charge in [0.15, 0.2) is 0 Å². The zero-order valence-electron chi connectivity index (χ0n) is 18.5. The van der Waals surface area contributed by atoms with Gasteiger partial charge in [0.2, 0.25) is 5.91 Å². The average molecular weight is 437 g/mol. The third-order valence-corrected chi connectivity index (χ3v) is 8.50. The number of nitrogens with zero attached hydrogens (tertiary/aromatic N) is 1. The van der Waals surface area contributed by atoms with E-state index in [9.17, 15) is 13.6 Å². The predicted molar refractivity (Wildman–Crippen MR) is 121 cm³/mol. The van der Waals surface area contributed by atoms with E-state index in [1.165, 1.54) is 28.8 Å². The first-order valence-corrected chi connectivity index (χ1v) is 11.7. The Morgan fingerprint density at radius 2 is 2.03 bits per heavy atom. The lowest BCUT2D eigenvalue weighted by molar-refractivity contribution is -0.116. The predicted octanol–water partition coefficient (Wildman–Crippen LogP) is 6.42. The maximum absolute atomic E-state index is 13.8. The fourth-order valence-electron chi connectivity index (χ4n) is 7.01. The quantitative estimate of drug-likeness (QED) is 0.562. The van der Waals surface area contributed by atoms with Gasteiger partial charge in [-0.15, -0.1) is 0 Å². The Hall–Kier alpha value is -2.56. The smallest absolute Gasteiger partial charge is 0.225 e. The van der Waals surface area contributed by atoms with Crippen LogP contribution < -0.4 is 5.32 Å².